The monoisotopic (exact) mass is 404 g/mol. The van der Waals surface area contributed by atoms with Crippen molar-refractivity contribution in [1.29, 1.82) is 0 Å². The summed E-state index contributed by atoms with van der Waals surface area (Å²) in [4.78, 5) is 12.4. The third-order valence-corrected chi connectivity index (χ3v) is 6.14. The van der Waals surface area contributed by atoms with Gasteiger partial charge in [0.05, 0.1) is 5.75 Å². The summed E-state index contributed by atoms with van der Waals surface area (Å²) in [6.45, 7) is 6.62. The Morgan fingerprint density at radius 2 is 2.07 bits per heavy atom. The van der Waals surface area contributed by atoms with Crippen LogP contribution in [0.3, 0.4) is 0 Å². The normalized spacial score (nSPS) is 19.6. The van der Waals surface area contributed by atoms with Crippen molar-refractivity contribution in [1.82, 2.24) is 20.1 Å². The third kappa shape index (κ3) is 5.14. The first kappa shape index (κ1) is 20.0. The van der Waals surface area contributed by atoms with Crippen molar-refractivity contribution in [3.05, 3.63) is 41.9 Å². The maximum atomic E-state index is 12.4. The fourth-order valence-electron chi connectivity index (χ4n) is 3.41. The number of aromatic nitrogens is 3. The molecule has 7 heteroatoms. The van der Waals surface area contributed by atoms with Gasteiger partial charge in [-0.25, -0.2) is 0 Å². The van der Waals surface area contributed by atoms with E-state index in [-0.39, 0.29) is 5.91 Å². The number of benzene rings is 1. The number of thioether (sulfide) groups is 1. The van der Waals surface area contributed by atoms with Crippen LogP contribution in [-0.4, -0.2) is 32.5 Å². The molecule has 1 aliphatic carbocycles. The number of hydrogen-bond acceptors (Lipinski definition) is 4. The SMILES string of the molecule is C=CCn1c(SCC(=O)N[C@@H]2CCCC[C@@H]2C)nnc1-c1ccc(Cl)cc1. The van der Waals surface area contributed by atoms with E-state index in [1.807, 2.05) is 28.8 Å². The van der Waals surface area contributed by atoms with E-state index in [1.165, 1.54) is 31.0 Å². The zero-order valence-corrected chi connectivity index (χ0v) is 17.1. The van der Waals surface area contributed by atoms with E-state index in [9.17, 15) is 4.79 Å². The Bertz CT molecular complexity index is 790. The molecule has 27 heavy (non-hydrogen) atoms. The van der Waals surface area contributed by atoms with Gasteiger partial charge in [-0.3, -0.25) is 9.36 Å². The highest BCUT2D eigenvalue weighted by Crippen LogP contribution is 2.26. The smallest absolute Gasteiger partial charge is 0.230 e. The third-order valence-electron chi connectivity index (χ3n) is 4.92. The maximum Gasteiger partial charge on any atom is 0.230 e. The van der Waals surface area contributed by atoms with Crippen molar-refractivity contribution in [3.63, 3.8) is 0 Å². The molecule has 1 amide bonds. The molecule has 1 aliphatic rings. The second-order valence-corrected chi connectivity index (χ2v) is 8.32. The van der Waals surface area contributed by atoms with Crippen molar-refractivity contribution in [3.8, 4) is 11.4 Å². The Morgan fingerprint density at radius 1 is 1.33 bits per heavy atom. The molecule has 1 aromatic heterocycles. The summed E-state index contributed by atoms with van der Waals surface area (Å²) >= 11 is 7.38. The van der Waals surface area contributed by atoms with Crippen molar-refractivity contribution in [2.75, 3.05) is 5.75 Å². The lowest BCUT2D eigenvalue weighted by Crippen LogP contribution is -2.41. The first-order valence-electron chi connectivity index (χ1n) is 9.30. The van der Waals surface area contributed by atoms with Crippen LogP contribution < -0.4 is 5.32 Å². The van der Waals surface area contributed by atoms with Gasteiger partial charge in [-0.2, -0.15) is 0 Å². The minimum atomic E-state index is 0.0555. The van der Waals surface area contributed by atoms with Crippen LogP contribution in [0.5, 0.6) is 0 Å². The van der Waals surface area contributed by atoms with Crippen LogP contribution in [0.15, 0.2) is 42.1 Å². The number of hydrogen-bond donors (Lipinski definition) is 1. The van der Waals surface area contributed by atoms with Gasteiger partial charge in [-0.15, -0.1) is 16.8 Å². The van der Waals surface area contributed by atoms with Crippen LogP contribution in [0.25, 0.3) is 11.4 Å². The van der Waals surface area contributed by atoms with Crippen LogP contribution in [0.4, 0.5) is 0 Å². The van der Waals surface area contributed by atoms with Gasteiger partial charge in [-0.1, -0.05) is 49.2 Å². The largest absolute Gasteiger partial charge is 0.352 e. The number of carbonyl (C=O) groups excluding carboxylic acids is 1. The van der Waals surface area contributed by atoms with Crippen LogP contribution in [-0.2, 0) is 11.3 Å². The molecular weight excluding hydrogens is 380 g/mol. The molecule has 2 atom stereocenters. The molecule has 0 bridgehead atoms. The molecule has 2 aromatic rings. The molecular formula is C20H25ClN4OS. The van der Waals surface area contributed by atoms with Crippen LogP contribution in [0, 0.1) is 5.92 Å². The standard InChI is InChI=1S/C20H25ClN4OS/c1-3-12-25-19(15-8-10-16(21)11-9-15)23-24-20(25)27-13-18(26)22-17-7-5-4-6-14(17)2/h3,8-11,14,17H,1,4-7,12-13H2,2H3,(H,22,26)/t14-,17+/m0/s1. The lowest BCUT2D eigenvalue weighted by atomic mass is 9.86. The molecule has 0 aliphatic heterocycles. The quantitative estimate of drug-likeness (QED) is 0.542. The molecule has 0 radical (unpaired) electrons. The predicted octanol–water partition coefficient (Wildman–Crippen LogP) is 4.57. The number of nitrogens with one attached hydrogen (secondary N) is 1. The van der Waals surface area contributed by atoms with E-state index in [0.717, 1.165) is 17.8 Å². The predicted molar refractivity (Wildman–Crippen MR) is 111 cm³/mol. The summed E-state index contributed by atoms with van der Waals surface area (Å²) < 4.78 is 1.97. The highest BCUT2D eigenvalue weighted by molar-refractivity contribution is 7.99. The number of rotatable bonds is 7. The zero-order valence-electron chi connectivity index (χ0n) is 15.5. The number of carbonyl (C=O) groups is 1. The highest BCUT2D eigenvalue weighted by Gasteiger charge is 2.23. The first-order valence-corrected chi connectivity index (χ1v) is 10.7. The number of halogens is 1. The summed E-state index contributed by atoms with van der Waals surface area (Å²) in [7, 11) is 0. The van der Waals surface area contributed by atoms with Gasteiger partial charge in [0.25, 0.3) is 0 Å². The average Bonchev–Trinajstić information content (AvgIpc) is 3.06. The van der Waals surface area contributed by atoms with Gasteiger partial charge in [0, 0.05) is 23.2 Å². The van der Waals surface area contributed by atoms with E-state index < -0.39 is 0 Å². The number of amides is 1. The summed E-state index contributed by atoms with van der Waals surface area (Å²) in [6, 6.07) is 7.78. The van der Waals surface area contributed by atoms with Crippen LogP contribution in [0.2, 0.25) is 5.02 Å². The van der Waals surface area contributed by atoms with E-state index in [4.69, 9.17) is 11.6 Å². The Balaban J connectivity index is 1.66. The van der Waals surface area contributed by atoms with E-state index >= 15 is 0 Å². The second kappa shape index (κ2) is 9.42. The highest BCUT2D eigenvalue weighted by atomic mass is 35.5. The lowest BCUT2D eigenvalue weighted by molar-refractivity contribution is -0.119. The van der Waals surface area contributed by atoms with Gasteiger partial charge < -0.3 is 5.32 Å². The average molecular weight is 405 g/mol. The van der Waals surface area contributed by atoms with Crippen molar-refractivity contribution in [2.45, 2.75) is 50.4 Å². The van der Waals surface area contributed by atoms with Crippen molar-refractivity contribution < 1.29 is 4.79 Å². The van der Waals surface area contributed by atoms with Crippen molar-refractivity contribution >= 4 is 29.3 Å². The summed E-state index contributed by atoms with van der Waals surface area (Å²) in [6.07, 6.45) is 6.53. The molecule has 5 nitrogen and oxygen atoms in total. The van der Waals surface area contributed by atoms with E-state index in [2.05, 4.69) is 29.0 Å². The minimum Gasteiger partial charge on any atom is -0.352 e. The Labute approximate surface area is 169 Å². The Kier molecular flexibility index (Phi) is 6.96. The molecule has 0 spiro atoms. The second-order valence-electron chi connectivity index (χ2n) is 6.94. The van der Waals surface area contributed by atoms with Crippen LogP contribution >= 0.6 is 23.4 Å². The minimum absolute atomic E-state index is 0.0555. The molecule has 1 saturated carbocycles. The molecule has 1 heterocycles. The maximum absolute atomic E-state index is 12.4. The number of nitrogens with zero attached hydrogens (tertiary/aromatic N) is 3. The van der Waals surface area contributed by atoms with Gasteiger partial charge in [0.2, 0.25) is 5.91 Å². The molecule has 0 unspecified atom stereocenters. The molecule has 1 N–H and O–H groups in total. The summed E-state index contributed by atoms with van der Waals surface area (Å²) in [5, 5.41) is 13.2. The fourth-order valence-corrected chi connectivity index (χ4v) is 4.30. The molecule has 3 rings (SSSR count). The summed E-state index contributed by atoms with van der Waals surface area (Å²) in [5.74, 6) is 1.68. The van der Waals surface area contributed by atoms with Gasteiger partial charge in [0.1, 0.15) is 0 Å². The molecule has 1 aromatic carbocycles. The first-order chi connectivity index (χ1) is 13.1. The fraction of sp³-hybridized carbons (Fsp3) is 0.450. The Hall–Kier alpha value is -1.79. The van der Waals surface area contributed by atoms with E-state index in [1.54, 1.807) is 6.08 Å². The lowest BCUT2D eigenvalue weighted by Gasteiger charge is -2.29. The molecule has 144 valence electrons. The number of allylic oxidation sites excluding steroid dienone is 1. The zero-order chi connectivity index (χ0) is 19.2. The van der Waals surface area contributed by atoms with Gasteiger partial charge >= 0.3 is 0 Å². The summed E-state index contributed by atoms with van der Waals surface area (Å²) in [5.41, 5.74) is 0.932. The van der Waals surface area contributed by atoms with Gasteiger partial charge in [0.15, 0.2) is 11.0 Å². The van der Waals surface area contributed by atoms with E-state index in [0.29, 0.717) is 34.4 Å². The Morgan fingerprint density at radius 3 is 2.78 bits per heavy atom. The van der Waals surface area contributed by atoms with Crippen molar-refractivity contribution in [2.24, 2.45) is 5.92 Å². The topological polar surface area (TPSA) is 59.8 Å². The van der Waals surface area contributed by atoms with Gasteiger partial charge in [-0.05, 0) is 43.0 Å². The van der Waals surface area contributed by atoms with Crippen LogP contribution in [0.1, 0.15) is 32.6 Å². The molecule has 0 saturated heterocycles. The molecule has 1 fully saturated rings.